The van der Waals surface area contributed by atoms with Crippen molar-refractivity contribution in [3.63, 3.8) is 0 Å². The lowest BCUT2D eigenvalue weighted by Crippen LogP contribution is -2.32. The molecule has 0 atom stereocenters. The number of benzene rings is 1. The highest BCUT2D eigenvalue weighted by molar-refractivity contribution is 7.89. The predicted molar refractivity (Wildman–Crippen MR) is 108 cm³/mol. The molecule has 28 heavy (non-hydrogen) atoms. The Morgan fingerprint density at radius 1 is 1.14 bits per heavy atom. The molecule has 0 bridgehead atoms. The van der Waals surface area contributed by atoms with Gasteiger partial charge in [-0.25, -0.2) is 13.2 Å². The van der Waals surface area contributed by atoms with Gasteiger partial charge in [-0.15, -0.1) is 11.3 Å². The van der Waals surface area contributed by atoms with Crippen LogP contribution in [0.15, 0.2) is 71.2 Å². The second kappa shape index (κ2) is 9.09. The van der Waals surface area contributed by atoms with E-state index < -0.39 is 16.0 Å². The third kappa shape index (κ3) is 4.83. The lowest BCUT2D eigenvalue weighted by molar-refractivity contribution is 0.0600. The number of sulfonamides is 1. The van der Waals surface area contributed by atoms with Crippen LogP contribution in [-0.2, 0) is 27.7 Å². The molecule has 0 aliphatic rings. The zero-order chi connectivity index (χ0) is 20.0. The minimum Gasteiger partial charge on any atom is -0.465 e. The smallest absolute Gasteiger partial charge is 0.337 e. The van der Waals surface area contributed by atoms with E-state index in [1.54, 1.807) is 29.8 Å². The van der Waals surface area contributed by atoms with E-state index in [0.717, 1.165) is 10.4 Å². The van der Waals surface area contributed by atoms with E-state index in [2.05, 4.69) is 9.72 Å². The number of ether oxygens (including phenoxy) is 1. The highest BCUT2D eigenvalue weighted by atomic mass is 32.2. The molecule has 0 radical (unpaired) electrons. The van der Waals surface area contributed by atoms with Crippen LogP contribution in [0.3, 0.4) is 0 Å². The SMILES string of the molecule is COC(=O)c1ccc(S(=O)(=O)N(CCc2cccs2)Cc2cccnc2)cc1. The first-order valence-corrected chi connectivity index (χ1v) is 10.9. The fraction of sp³-hybridized carbons (Fsp3) is 0.200. The minimum atomic E-state index is -3.74. The fourth-order valence-electron chi connectivity index (χ4n) is 2.70. The lowest BCUT2D eigenvalue weighted by Gasteiger charge is -2.22. The number of carbonyl (C=O) groups excluding carboxylic acids is 1. The largest absolute Gasteiger partial charge is 0.465 e. The highest BCUT2D eigenvalue weighted by Crippen LogP contribution is 2.21. The van der Waals surface area contributed by atoms with Crippen molar-refractivity contribution in [2.45, 2.75) is 17.9 Å². The molecule has 0 spiro atoms. The van der Waals surface area contributed by atoms with Crippen LogP contribution in [0.25, 0.3) is 0 Å². The Morgan fingerprint density at radius 2 is 1.93 bits per heavy atom. The Morgan fingerprint density at radius 3 is 2.54 bits per heavy atom. The average molecular weight is 417 g/mol. The second-order valence-corrected chi connectivity index (χ2v) is 9.02. The van der Waals surface area contributed by atoms with E-state index in [1.807, 2.05) is 23.6 Å². The van der Waals surface area contributed by atoms with Crippen molar-refractivity contribution >= 4 is 27.3 Å². The van der Waals surface area contributed by atoms with Gasteiger partial charge in [0, 0.05) is 30.4 Å². The average Bonchev–Trinajstić information content (AvgIpc) is 3.25. The molecule has 0 fully saturated rings. The Bertz CT molecular complexity index is 1000. The van der Waals surface area contributed by atoms with E-state index >= 15 is 0 Å². The molecule has 0 N–H and O–H groups in total. The maximum atomic E-state index is 13.2. The number of esters is 1. The van der Waals surface area contributed by atoms with Crippen molar-refractivity contribution in [1.82, 2.24) is 9.29 Å². The number of hydrogen-bond acceptors (Lipinski definition) is 6. The van der Waals surface area contributed by atoms with Gasteiger partial charge in [-0.2, -0.15) is 4.31 Å². The van der Waals surface area contributed by atoms with Gasteiger partial charge >= 0.3 is 5.97 Å². The quantitative estimate of drug-likeness (QED) is 0.526. The summed E-state index contributed by atoms with van der Waals surface area (Å²) in [7, 11) is -2.46. The lowest BCUT2D eigenvalue weighted by atomic mass is 10.2. The van der Waals surface area contributed by atoms with Gasteiger partial charge in [0.2, 0.25) is 10.0 Å². The molecule has 6 nitrogen and oxygen atoms in total. The molecule has 0 saturated carbocycles. The molecule has 146 valence electrons. The van der Waals surface area contributed by atoms with Crippen molar-refractivity contribution in [2.24, 2.45) is 0 Å². The van der Waals surface area contributed by atoms with Gasteiger partial charge in [0.15, 0.2) is 0 Å². The summed E-state index contributed by atoms with van der Waals surface area (Å²) in [4.78, 5) is 16.9. The van der Waals surface area contributed by atoms with Crippen molar-refractivity contribution in [1.29, 1.82) is 0 Å². The molecule has 0 amide bonds. The summed E-state index contributed by atoms with van der Waals surface area (Å²) < 4.78 is 32.6. The van der Waals surface area contributed by atoms with E-state index in [4.69, 9.17) is 0 Å². The van der Waals surface area contributed by atoms with Gasteiger partial charge in [-0.1, -0.05) is 12.1 Å². The maximum absolute atomic E-state index is 13.2. The van der Waals surface area contributed by atoms with E-state index in [-0.39, 0.29) is 11.4 Å². The third-order valence-electron chi connectivity index (χ3n) is 4.18. The summed E-state index contributed by atoms with van der Waals surface area (Å²) in [6.45, 7) is 0.566. The normalized spacial score (nSPS) is 11.5. The first-order valence-electron chi connectivity index (χ1n) is 8.60. The van der Waals surface area contributed by atoms with Crippen LogP contribution >= 0.6 is 11.3 Å². The van der Waals surface area contributed by atoms with Gasteiger partial charge in [-0.05, 0) is 53.8 Å². The molecule has 0 aliphatic carbocycles. The summed E-state index contributed by atoms with van der Waals surface area (Å²) in [6, 6.07) is 13.4. The van der Waals surface area contributed by atoms with Crippen LogP contribution in [0.2, 0.25) is 0 Å². The molecular weight excluding hydrogens is 396 g/mol. The van der Waals surface area contributed by atoms with E-state index in [9.17, 15) is 13.2 Å². The van der Waals surface area contributed by atoms with Crippen molar-refractivity contribution in [3.05, 3.63) is 82.3 Å². The van der Waals surface area contributed by atoms with Crippen LogP contribution in [0.5, 0.6) is 0 Å². The minimum absolute atomic E-state index is 0.134. The van der Waals surface area contributed by atoms with E-state index in [0.29, 0.717) is 18.5 Å². The van der Waals surface area contributed by atoms with Crippen molar-refractivity contribution < 1.29 is 17.9 Å². The molecule has 0 saturated heterocycles. The third-order valence-corrected chi connectivity index (χ3v) is 6.98. The van der Waals surface area contributed by atoms with Gasteiger partial charge in [0.1, 0.15) is 0 Å². The number of thiophene rings is 1. The number of rotatable bonds is 8. The molecule has 0 aliphatic heterocycles. The van der Waals surface area contributed by atoms with Crippen molar-refractivity contribution in [2.75, 3.05) is 13.7 Å². The Hall–Kier alpha value is -2.55. The number of methoxy groups -OCH3 is 1. The molecule has 8 heteroatoms. The summed E-state index contributed by atoms with van der Waals surface area (Å²) in [5, 5.41) is 1.97. The Kier molecular flexibility index (Phi) is 6.56. The van der Waals surface area contributed by atoms with Crippen LogP contribution in [0.4, 0.5) is 0 Å². The van der Waals surface area contributed by atoms with Gasteiger partial charge in [0.25, 0.3) is 0 Å². The summed E-state index contributed by atoms with van der Waals surface area (Å²) in [5.41, 5.74) is 1.11. The van der Waals surface area contributed by atoms with Crippen LogP contribution in [0, 0.1) is 0 Å². The molecule has 0 unspecified atom stereocenters. The van der Waals surface area contributed by atoms with Crippen molar-refractivity contribution in [3.8, 4) is 0 Å². The first-order chi connectivity index (χ1) is 13.5. The van der Waals surface area contributed by atoms with Gasteiger partial charge in [-0.3, -0.25) is 4.98 Å². The summed E-state index contributed by atoms with van der Waals surface area (Å²) in [6.07, 6.45) is 3.94. The molecule has 3 rings (SSSR count). The highest BCUT2D eigenvalue weighted by Gasteiger charge is 2.25. The maximum Gasteiger partial charge on any atom is 0.337 e. The van der Waals surface area contributed by atoms with Gasteiger partial charge < -0.3 is 4.74 Å². The first kappa shape index (κ1) is 20.2. The molecule has 1 aromatic carbocycles. The zero-order valence-corrected chi connectivity index (χ0v) is 16.9. The fourth-order valence-corrected chi connectivity index (χ4v) is 4.83. The summed E-state index contributed by atoms with van der Waals surface area (Å²) in [5.74, 6) is -0.506. The molecular formula is C20H20N2O4S2. The second-order valence-electron chi connectivity index (χ2n) is 6.05. The standard InChI is InChI=1S/C20H20N2O4S2/c1-26-20(23)17-6-8-19(9-7-17)28(24,25)22(12-10-18-5-3-13-27-18)15-16-4-2-11-21-14-16/h2-9,11,13-14H,10,12,15H2,1H3. The topological polar surface area (TPSA) is 76.6 Å². The Balaban J connectivity index is 1.86. The molecule has 2 aromatic heterocycles. The predicted octanol–water partition coefficient (Wildman–Crippen LogP) is 3.36. The van der Waals surface area contributed by atoms with Crippen LogP contribution < -0.4 is 0 Å². The molecule has 2 heterocycles. The monoisotopic (exact) mass is 416 g/mol. The van der Waals surface area contributed by atoms with Crippen LogP contribution in [0.1, 0.15) is 20.8 Å². The summed E-state index contributed by atoms with van der Waals surface area (Å²) >= 11 is 1.60. The number of pyridine rings is 1. The number of aromatic nitrogens is 1. The Labute approximate surface area is 168 Å². The number of carbonyl (C=O) groups is 1. The van der Waals surface area contributed by atoms with Gasteiger partial charge in [0.05, 0.1) is 17.6 Å². The van der Waals surface area contributed by atoms with E-state index in [1.165, 1.54) is 35.7 Å². The number of hydrogen-bond donors (Lipinski definition) is 0. The van der Waals surface area contributed by atoms with Crippen LogP contribution in [-0.4, -0.2) is 37.3 Å². The molecule has 3 aromatic rings. The number of nitrogens with zero attached hydrogens (tertiary/aromatic N) is 2. The zero-order valence-electron chi connectivity index (χ0n) is 15.3.